The van der Waals surface area contributed by atoms with Crippen LogP contribution >= 0.6 is 0 Å². The minimum Gasteiger partial charge on any atom is -0.376 e. The van der Waals surface area contributed by atoms with Gasteiger partial charge in [0.15, 0.2) is 0 Å². The molecule has 1 saturated heterocycles. The van der Waals surface area contributed by atoms with E-state index in [0.717, 1.165) is 37.8 Å². The molecule has 0 aromatic heterocycles. The summed E-state index contributed by atoms with van der Waals surface area (Å²) in [6, 6.07) is 10.7. The van der Waals surface area contributed by atoms with Gasteiger partial charge < -0.3 is 10.1 Å². The molecule has 1 atom stereocenters. The average Bonchev–Trinajstić information content (AvgIpc) is 3.37. The minimum absolute atomic E-state index is 0.0979. The van der Waals surface area contributed by atoms with Crippen molar-refractivity contribution in [2.24, 2.45) is 0 Å². The fourth-order valence-corrected chi connectivity index (χ4v) is 4.68. The monoisotopic (exact) mass is 404 g/mol. The highest BCUT2D eigenvalue weighted by Gasteiger charge is 2.38. The Labute approximate surface area is 175 Å². The van der Waals surface area contributed by atoms with Crippen LogP contribution in [0.3, 0.4) is 0 Å². The first-order chi connectivity index (χ1) is 14.6. The number of ether oxygens (including phenoxy) is 1. The van der Waals surface area contributed by atoms with Crippen LogP contribution in [0.4, 0.5) is 5.69 Å². The van der Waals surface area contributed by atoms with E-state index in [-0.39, 0.29) is 30.4 Å². The number of amides is 3. The maximum atomic E-state index is 12.9. The Morgan fingerprint density at radius 2 is 1.87 bits per heavy atom. The number of nitrogens with zero attached hydrogens (tertiary/aromatic N) is 1. The van der Waals surface area contributed by atoms with Gasteiger partial charge in [-0.1, -0.05) is 12.1 Å². The smallest absolute Gasteiger partial charge is 0.261 e. The molecule has 154 valence electrons. The van der Waals surface area contributed by atoms with Crippen molar-refractivity contribution in [3.8, 4) is 0 Å². The molecule has 0 spiro atoms. The number of fused-ring (bicyclic) bond motifs is 2. The van der Waals surface area contributed by atoms with Gasteiger partial charge in [-0.25, -0.2) is 0 Å². The van der Waals surface area contributed by atoms with Crippen LogP contribution in [0.15, 0.2) is 36.4 Å². The summed E-state index contributed by atoms with van der Waals surface area (Å²) in [7, 11) is 0. The number of imide groups is 1. The van der Waals surface area contributed by atoms with Gasteiger partial charge in [0.1, 0.15) is 0 Å². The molecule has 1 fully saturated rings. The number of carbonyl (C=O) groups is 3. The van der Waals surface area contributed by atoms with Crippen molar-refractivity contribution in [3.05, 3.63) is 64.2 Å². The first-order valence-corrected chi connectivity index (χ1v) is 10.7. The summed E-state index contributed by atoms with van der Waals surface area (Å²) in [5.74, 6) is -0.929. The number of hydrogen-bond acceptors (Lipinski definition) is 4. The summed E-state index contributed by atoms with van der Waals surface area (Å²) in [5, 5.41) is 3.00. The third-order valence-corrected chi connectivity index (χ3v) is 6.29. The topological polar surface area (TPSA) is 75.7 Å². The van der Waals surface area contributed by atoms with Crippen molar-refractivity contribution < 1.29 is 19.1 Å². The molecular weight excluding hydrogens is 380 g/mol. The summed E-state index contributed by atoms with van der Waals surface area (Å²) in [6.45, 7) is 0.936. The highest BCUT2D eigenvalue weighted by atomic mass is 16.5. The number of benzene rings is 2. The zero-order valence-electron chi connectivity index (χ0n) is 16.8. The molecule has 2 aliphatic heterocycles. The van der Waals surface area contributed by atoms with E-state index >= 15 is 0 Å². The van der Waals surface area contributed by atoms with Crippen LogP contribution in [0.2, 0.25) is 0 Å². The molecule has 6 heteroatoms. The standard InChI is InChI=1S/C24H24N2O4/c27-22(25-21-9-3-6-15-5-1-2-8-18(15)21)16-10-11-19-20(13-16)24(29)26(23(19)28)14-17-7-4-12-30-17/h3,6,9-11,13,17H,1-2,4-5,7-8,12,14H2,(H,25,27). The predicted octanol–water partition coefficient (Wildman–Crippen LogP) is 3.59. The van der Waals surface area contributed by atoms with E-state index in [0.29, 0.717) is 23.3 Å². The fourth-order valence-electron chi connectivity index (χ4n) is 4.68. The van der Waals surface area contributed by atoms with E-state index in [4.69, 9.17) is 4.74 Å². The Balaban J connectivity index is 1.37. The lowest BCUT2D eigenvalue weighted by Gasteiger charge is -2.19. The molecule has 0 bridgehead atoms. The quantitative estimate of drug-likeness (QED) is 0.790. The molecule has 2 aromatic carbocycles. The average molecular weight is 404 g/mol. The maximum Gasteiger partial charge on any atom is 0.261 e. The van der Waals surface area contributed by atoms with Crippen LogP contribution in [0.5, 0.6) is 0 Å². The van der Waals surface area contributed by atoms with Crippen molar-refractivity contribution in [2.45, 2.75) is 44.6 Å². The molecule has 0 radical (unpaired) electrons. The van der Waals surface area contributed by atoms with Gasteiger partial charge in [-0.3, -0.25) is 19.3 Å². The first kappa shape index (κ1) is 19.0. The fraction of sp³-hybridized carbons (Fsp3) is 0.375. The second-order valence-corrected chi connectivity index (χ2v) is 8.22. The number of aryl methyl sites for hydroxylation is 1. The van der Waals surface area contributed by atoms with E-state index in [1.165, 1.54) is 28.5 Å². The van der Waals surface area contributed by atoms with Crippen molar-refractivity contribution >= 4 is 23.4 Å². The van der Waals surface area contributed by atoms with Gasteiger partial charge in [-0.2, -0.15) is 0 Å². The summed E-state index contributed by atoms with van der Waals surface area (Å²) < 4.78 is 5.57. The third kappa shape index (κ3) is 3.31. The van der Waals surface area contributed by atoms with Gasteiger partial charge in [0.05, 0.1) is 23.8 Å². The molecule has 2 heterocycles. The van der Waals surface area contributed by atoms with Crippen LogP contribution < -0.4 is 5.32 Å². The van der Waals surface area contributed by atoms with Crippen molar-refractivity contribution in [1.82, 2.24) is 4.90 Å². The number of rotatable bonds is 4. The first-order valence-electron chi connectivity index (χ1n) is 10.7. The van der Waals surface area contributed by atoms with Gasteiger partial charge >= 0.3 is 0 Å². The number of hydrogen-bond donors (Lipinski definition) is 1. The number of carbonyl (C=O) groups excluding carboxylic acids is 3. The van der Waals surface area contributed by atoms with Gasteiger partial charge in [0, 0.05) is 17.9 Å². The molecule has 1 unspecified atom stereocenters. The van der Waals surface area contributed by atoms with Crippen molar-refractivity contribution in [2.75, 3.05) is 18.5 Å². The Kier molecular flexibility index (Phi) is 4.87. The maximum absolute atomic E-state index is 12.9. The van der Waals surface area contributed by atoms with E-state index in [1.807, 2.05) is 12.1 Å². The highest BCUT2D eigenvalue weighted by Crippen LogP contribution is 2.29. The van der Waals surface area contributed by atoms with Gasteiger partial charge in [-0.05, 0) is 73.9 Å². The number of anilines is 1. The lowest BCUT2D eigenvalue weighted by molar-refractivity contribution is 0.0475. The lowest BCUT2D eigenvalue weighted by atomic mass is 9.90. The zero-order chi connectivity index (χ0) is 20.7. The summed E-state index contributed by atoms with van der Waals surface area (Å²) in [4.78, 5) is 39.7. The van der Waals surface area contributed by atoms with Crippen LogP contribution in [-0.2, 0) is 17.6 Å². The summed E-state index contributed by atoms with van der Waals surface area (Å²) in [5.41, 5.74) is 4.35. The second-order valence-electron chi connectivity index (χ2n) is 8.22. The lowest BCUT2D eigenvalue weighted by Crippen LogP contribution is -2.36. The molecule has 1 aliphatic carbocycles. The normalized spacial score (nSPS) is 20.3. The van der Waals surface area contributed by atoms with Crippen LogP contribution in [0.1, 0.15) is 67.9 Å². The molecule has 5 rings (SSSR count). The van der Waals surface area contributed by atoms with E-state index in [9.17, 15) is 14.4 Å². The molecule has 3 aliphatic rings. The van der Waals surface area contributed by atoms with Crippen molar-refractivity contribution in [3.63, 3.8) is 0 Å². The number of nitrogens with one attached hydrogen (secondary N) is 1. The van der Waals surface area contributed by atoms with E-state index in [2.05, 4.69) is 11.4 Å². The SMILES string of the molecule is O=C(Nc1cccc2c1CCCC2)c1ccc2c(c1)C(=O)N(CC1CCCO1)C2=O. The minimum atomic E-state index is -0.350. The summed E-state index contributed by atoms with van der Waals surface area (Å²) >= 11 is 0. The van der Waals surface area contributed by atoms with Crippen molar-refractivity contribution in [1.29, 1.82) is 0 Å². The molecule has 2 aromatic rings. The Bertz CT molecular complexity index is 1040. The Hall–Kier alpha value is -2.99. The van der Waals surface area contributed by atoms with Gasteiger partial charge in [0.25, 0.3) is 17.7 Å². The zero-order valence-corrected chi connectivity index (χ0v) is 16.8. The molecular formula is C24H24N2O4. The Morgan fingerprint density at radius 3 is 2.70 bits per heavy atom. The van der Waals surface area contributed by atoms with Gasteiger partial charge in [-0.15, -0.1) is 0 Å². The highest BCUT2D eigenvalue weighted by molar-refractivity contribution is 6.22. The molecule has 0 saturated carbocycles. The summed E-state index contributed by atoms with van der Waals surface area (Å²) in [6.07, 6.45) is 5.99. The molecule has 3 amide bonds. The molecule has 30 heavy (non-hydrogen) atoms. The van der Waals surface area contributed by atoms with Gasteiger partial charge in [0.2, 0.25) is 0 Å². The van der Waals surface area contributed by atoms with Crippen LogP contribution in [0, 0.1) is 0 Å². The second kappa shape index (κ2) is 7.69. The largest absolute Gasteiger partial charge is 0.376 e. The van der Waals surface area contributed by atoms with Crippen LogP contribution in [-0.4, -0.2) is 41.9 Å². The van der Waals surface area contributed by atoms with E-state index in [1.54, 1.807) is 12.1 Å². The van der Waals surface area contributed by atoms with Crippen LogP contribution in [0.25, 0.3) is 0 Å². The molecule has 1 N–H and O–H groups in total. The third-order valence-electron chi connectivity index (χ3n) is 6.29. The predicted molar refractivity (Wildman–Crippen MR) is 112 cm³/mol. The molecule has 6 nitrogen and oxygen atoms in total. The van der Waals surface area contributed by atoms with E-state index < -0.39 is 0 Å². The Morgan fingerprint density at radius 1 is 1.03 bits per heavy atom.